The summed E-state index contributed by atoms with van der Waals surface area (Å²) in [7, 11) is 0. The highest BCUT2D eigenvalue weighted by Gasteiger charge is 2.07. The Morgan fingerprint density at radius 1 is 1.38 bits per heavy atom. The number of nitrogens with two attached hydrogens (primary N) is 1. The predicted molar refractivity (Wildman–Crippen MR) is 82.8 cm³/mol. The lowest BCUT2D eigenvalue weighted by atomic mass is 10.1. The Kier molecular flexibility index (Phi) is 5.19. The van der Waals surface area contributed by atoms with Gasteiger partial charge in [0.15, 0.2) is 0 Å². The number of rotatable bonds is 4. The number of anilines is 1. The van der Waals surface area contributed by atoms with Crippen LogP contribution in [0.5, 0.6) is 0 Å². The molecule has 0 aliphatic rings. The summed E-state index contributed by atoms with van der Waals surface area (Å²) < 4.78 is 5.21. The van der Waals surface area contributed by atoms with Crippen molar-refractivity contribution in [2.75, 3.05) is 11.9 Å². The molecule has 3 N–H and O–H groups in total. The SMILES string of the molecule is Cc1ccc(C#CCN)cc1NC(=O)CCc1ccco1. The molecule has 0 aliphatic carbocycles. The van der Waals surface area contributed by atoms with Crippen molar-refractivity contribution in [1.82, 2.24) is 0 Å². The fraction of sp³-hybridized carbons (Fsp3) is 0.235. The van der Waals surface area contributed by atoms with Crippen LogP contribution in [0.3, 0.4) is 0 Å². The van der Waals surface area contributed by atoms with Crippen molar-refractivity contribution < 1.29 is 9.21 Å². The van der Waals surface area contributed by atoms with E-state index in [1.165, 1.54) is 0 Å². The van der Waals surface area contributed by atoms with Crippen LogP contribution in [0, 0.1) is 18.8 Å². The highest BCUT2D eigenvalue weighted by molar-refractivity contribution is 5.91. The Hall–Kier alpha value is -2.51. The van der Waals surface area contributed by atoms with Crippen molar-refractivity contribution in [3.05, 3.63) is 53.5 Å². The molecule has 4 nitrogen and oxygen atoms in total. The van der Waals surface area contributed by atoms with Crippen LogP contribution < -0.4 is 11.1 Å². The molecule has 1 heterocycles. The van der Waals surface area contributed by atoms with Crippen LogP contribution in [-0.4, -0.2) is 12.5 Å². The molecule has 0 spiro atoms. The molecular formula is C17H18N2O2. The number of hydrogen-bond donors (Lipinski definition) is 2. The molecule has 21 heavy (non-hydrogen) atoms. The van der Waals surface area contributed by atoms with Gasteiger partial charge < -0.3 is 15.5 Å². The number of benzene rings is 1. The van der Waals surface area contributed by atoms with Crippen LogP contribution in [0.25, 0.3) is 0 Å². The minimum absolute atomic E-state index is 0.0431. The quantitative estimate of drug-likeness (QED) is 0.846. The third-order valence-electron chi connectivity index (χ3n) is 3.03. The third kappa shape index (κ3) is 4.51. The Bertz CT molecular complexity index is 664. The first-order valence-electron chi connectivity index (χ1n) is 6.81. The average molecular weight is 282 g/mol. The predicted octanol–water partition coefficient (Wildman–Crippen LogP) is 2.47. The summed E-state index contributed by atoms with van der Waals surface area (Å²) in [6.45, 7) is 2.26. The summed E-state index contributed by atoms with van der Waals surface area (Å²) in [6, 6.07) is 9.39. The van der Waals surface area contributed by atoms with Gasteiger partial charge in [-0.3, -0.25) is 4.79 Å². The monoisotopic (exact) mass is 282 g/mol. The summed E-state index contributed by atoms with van der Waals surface area (Å²) in [5, 5.41) is 2.91. The molecule has 0 aliphatic heterocycles. The summed E-state index contributed by atoms with van der Waals surface area (Å²) in [4.78, 5) is 12.0. The van der Waals surface area contributed by atoms with Crippen LogP contribution in [-0.2, 0) is 11.2 Å². The van der Waals surface area contributed by atoms with E-state index in [2.05, 4.69) is 17.2 Å². The number of aryl methyl sites for hydroxylation is 2. The summed E-state index contributed by atoms with van der Waals surface area (Å²) >= 11 is 0. The van der Waals surface area contributed by atoms with Crippen LogP contribution in [0.4, 0.5) is 5.69 Å². The Morgan fingerprint density at radius 2 is 2.24 bits per heavy atom. The van der Waals surface area contributed by atoms with Gasteiger partial charge in [0.25, 0.3) is 0 Å². The standard InChI is InChI=1S/C17H18N2O2/c1-13-6-7-14(4-2-10-18)12-16(13)19-17(20)9-8-15-5-3-11-21-15/h3,5-7,11-12H,8-10,18H2,1H3,(H,19,20). The zero-order chi connectivity index (χ0) is 15.1. The highest BCUT2D eigenvalue weighted by Crippen LogP contribution is 2.17. The van der Waals surface area contributed by atoms with Gasteiger partial charge in [-0.1, -0.05) is 17.9 Å². The summed E-state index contributed by atoms with van der Waals surface area (Å²) in [6.07, 6.45) is 2.58. The fourth-order valence-corrected chi connectivity index (χ4v) is 1.89. The second kappa shape index (κ2) is 7.32. The van der Waals surface area contributed by atoms with Gasteiger partial charge >= 0.3 is 0 Å². The second-order valence-electron chi connectivity index (χ2n) is 4.66. The van der Waals surface area contributed by atoms with Gasteiger partial charge in [0, 0.05) is 24.1 Å². The van der Waals surface area contributed by atoms with Crippen LogP contribution in [0.15, 0.2) is 41.0 Å². The van der Waals surface area contributed by atoms with Crippen molar-refractivity contribution in [3.8, 4) is 11.8 Å². The van der Waals surface area contributed by atoms with Crippen molar-refractivity contribution in [2.45, 2.75) is 19.8 Å². The van der Waals surface area contributed by atoms with E-state index in [1.54, 1.807) is 6.26 Å². The smallest absolute Gasteiger partial charge is 0.224 e. The first-order chi connectivity index (χ1) is 10.2. The molecule has 0 radical (unpaired) electrons. The molecular weight excluding hydrogens is 264 g/mol. The van der Waals surface area contributed by atoms with Gasteiger partial charge in [-0.05, 0) is 36.8 Å². The molecule has 2 aromatic rings. The van der Waals surface area contributed by atoms with Crippen LogP contribution >= 0.6 is 0 Å². The zero-order valence-electron chi connectivity index (χ0n) is 12.0. The van der Waals surface area contributed by atoms with E-state index >= 15 is 0 Å². The summed E-state index contributed by atoms with van der Waals surface area (Å²) in [5.41, 5.74) is 7.98. The molecule has 1 aromatic carbocycles. The lowest BCUT2D eigenvalue weighted by Gasteiger charge is -2.08. The first kappa shape index (κ1) is 14.9. The minimum atomic E-state index is -0.0431. The topological polar surface area (TPSA) is 68.3 Å². The normalized spacial score (nSPS) is 9.81. The number of nitrogens with one attached hydrogen (secondary N) is 1. The second-order valence-corrected chi connectivity index (χ2v) is 4.66. The van der Waals surface area contributed by atoms with Crippen molar-refractivity contribution in [2.24, 2.45) is 5.73 Å². The average Bonchev–Trinajstić information content (AvgIpc) is 2.99. The zero-order valence-corrected chi connectivity index (χ0v) is 12.0. The van der Waals surface area contributed by atoms with Gasteiger partial charge in [0.1, 0.15) is 5.76 Å². The molecule has 108 valence electrons. The van der Waals surface area contributed by atoms with E-state index in [9.17, 15) is 4.79 Å². The Morgan fingerprint density at radius 3 is 2.95 bits per heavy atom. The van der Waals surface area contributed by atoms with Gasteiger partial charge in [-0.2, -0.15) is 0 Å². The largest absolute Gasteiger partial charge is 0.469 e. The van der Waals surface area contributed by atoms with E-state index in [0.717, 1.165) is 22.6 Å². The van der Waals surface area contributed by atoms with Gasteiger partial charge in [0.2, 0.25) is 5.91 Å². The van der Waals surface area contributed by atoms with Gasteiger partial charge in [0.05, 0.1) is 12.8 Å². The van der Waals surface area contributed by atoms with E-state index in [-0.39, 0.29) is 5.91 Å². The van der Waals surface area contributed by atoms with Gasteiger partial charge in [-0.15, -0.1) is 0 Å². The fourth-order valence-electron chi connectivity index (χ4n) is 1.89. The highest BCUT2D eigenvalue weighted by atomic mass is 16.3. The molecule has 4 heteroatoms. The molecule has 2 rings (SSSR count). The lowest BCUT2D eigenvalue weighted by molar-refractivity contribution is -0.116. The van der Waals surface area contributed by atoms with Crippen molar-refractivity contribution in [3.63, 3.8) is 0 Å². The summed E-state index contributed by atoms with van der Waals surface area (Å²) in [5.74, 6) is 6.53. The molecule has 0 bridgehead atoms. The van der Waals surface area contributed by atoms with Gasteiger partial charge in [-0.25, -0.2) is 0 Å². The van der Waals surface area contributed by atoms with E-state index in [1.807, 2.05) is 37.3 Å². The molecule has 1 aromatic heterocycles. The van der Waals surface area contributed by atoms with E-state index in [0.29, 0.717) is 19.4 Å². The molecule has 1 amide bonds. The number of furan rings is 1. The maximum absolute atomic E-state index is 12.0. The number of hydrogen-bond acceptors (Lipinski definition) is 3. The molecule has 0 saturated heterocycles. The van der Waals surface area contributed by atoms with Crippen LogP contribution in [0.1, 0.15) is 23.3 Å². The Balaban J connectivity index is 1.99. The molecule has 0 unspecified atom stereocenters. The number of carbonyl (C=O) groups excluding carboxylic acids is 1. The minimum Gasteiger partial charge on any atom is -0.469 e. The van der Waals surface area contributed by atoms with E-state index in [4.69, 9.17) is 10.2 Å². The van der Waals surface area contributed by atoms with Crippen molar-refractivity contribution in [1.29, 1.82) is 0 Å². The number of amides is 1. The number of carbonyl (C=O) groups is 1. The first-order valence-corrected chi connectivity index (χ1v) is 6.81. The molecule has 0 saturated carbocycles. The molecule has 0 fully saturated rings. The van der Waals surface area contributed by atoms with E-state index < -0.39 is 0 Å². The Labute approximate surface area is 124 Å². The molecule has 0 atom stereocenters. The van der Waals surface area contributed by atoms with Crippen LogP contribution in [0.2, 0.25) is 0 Å². The third-order valence-corrected chi connectivity index (χ3v) is 3.03. The maximum Gasteiger partial charge on any atom is 0.224 e. The lowest BCUT2D eigenvalue weighted by Crippen LogP contribution is -2.13. The van der Waals surface area contributed by atoms with Crippen molar-refractivity contribution >= 4 is 11.6 Å². The maximum atomic E-state index is 12.0.